The van der Waals surface area contributed by atoms with Crippen LogP contribution in [0.15, 0.2) is 54.7 Å². The van der Waals surface area contributed by atoms with Gasteiger partial charge < -0.3 is 25.8 Å². The van der Waals surface area contributed by atoms with E-state index in [1.165, 1.54) is 24.3 Å². The summed E-state index contributed by atoms with van der Waals surface area (Å²) in [5.74, 6) is 1.60. The van der Waals surface area contributed by atoms with Crippen LogP contribution in [0, 0.1) is 11.7 Å². The van der Waals surface area contributed by atoms with Crippen LogP contribution in [0.5, 0.6) is 17.2 Å². The minimum atomic E-state index is -0.389. The van der Waals surface area contributed by atoms with Crippen molar-refractivity contribution < 1.29 is 23.8 Å². The summed E-state index contributed by atoms with van der Waals surface area (Å²) < 4.78 is 19.2. The van der Waals surface area contributed by atoms with E-state index >= 15 is 0 Å². The van der Waals surface area contributed by atoms with Gasteiger partial charge in [-0.3, -0.25) is 4.79 Å². The lowest BCUT2D eigenvalue weighted by Gasteiger charge is -2.20. The smallest absolute Gasteiger partial charge is 0.319 e. The van der Waals surface area contributed by atoms with Crippen molar-refractivity contribution in [2.45, 2.75) is 30.7 Å². The molecule has 8 nitrogen and oxygen atoms in total. The number of halogens is 1. The summed E-state index contributed by atoms with van der Waals surface area (Å²) in [7, 11) is 0. The first-order valence-corrected chi connectivity index (χ1v) is 11.1. The minimum absolute atomic E-state index is 0.0133. The number of anilines is 2. The van der Waals surface area contributed by atoms with Gasteiger partial charge in [-0.2, -0.15) is 0 Å². The maximum absolute atomic E-state index is 13.1. The molecule has 2 saturated carbocycles. The summed E-state index contributed by atoms with van der Waals surface area (Å²) in [5, 5.41) is 19.0. The summed E-state index contributed by atoms with van der Waals surface area (Å²) in [4.78, 5) is 28.3. The van der Waals surface area contributed by atoms with Crippen molar-refractivity contribution in [2.75, 3.05) is 10.6 Å². The van der Waals surface area contributed by atoms with Crippen LogP contribution in [0.4, 0.5) is 20.7 Å². The number of benzene rings is 2. The SMILES string of the molecule is O=C1CCc2c(Oc3ccc(O)c(C4C5CC54NC(=O)Nc4ccc(F)cc4)c3)ccnc2N1. The Hall–Kier alpha value is -4.14. The molecule has 9 heteroatoms. The lowest BCUT2D eigenvalue weighted by atomic mass is 9.99. The predicted octanol–water partition coefficient (Wildman–Crippen LogP) is 4.28. The van der Waals surface area contributed by atoms with E-state index in [0.717, 1.165) is 12.0 Å². The van der Waals surface area contributed by atoms with Crippen molar-refractivity contribution >= 4 is 23.4 Å². The number of fused-ring (bicyclic) bond motifs is 2. The van der Waals surface area contributed by atoms with E-state index in [0.29, 0.717) is 41.4 Å². The standard InChI is InChI=1S/C25H21FN4O4/c26-13-1-3-14(4-2-13)28-24(33)30-25-12-18(25)22(25)17-11-15(5-7-19(17)31)34-20-9-10-27-23-16(20)6-8-21(32)29-23/h1-5,7,9-11,18,22,31H,6,8,12H2,(H,27,29,32)(H2,28,30,33). The number of ether oxygens (including phenoxy) is 1. The predicted molar refractivity (Wildman–Crippen MR) is 122 cm³/mol. The average Bonchev–Trinajstić information content (AvgIpc) is 3.67. The molecule has 34 heavy (non-hydrogen) atoms. The third-order valence-corrected chi connectivity index (χ3v) is 6.79. The summed E-state index contributed by atoms with van der Waals surface area (Å²) in [6.45, 7) is 0. The molecule has 2 aliphatic carbocycles. The zero-order valence-electron chi connectivity index (χ0n) is 18.0. The fourth-order valence-electron chi connectivity index (χ4n) is 4.86. The number of pyridine rings is 1. The molecule has 172 valence electrons. The first kappa shape index (κ1) is 20.5. The van der Waals surface area contributed by atoms with Gasteiger partial charge in [-0.25, -0.2) is 14.2 Å². The topological polar surface area (TPSA) is 113 Å². The van der Waals surface area contributed by atoms with E-state index in [1.54, 1.807) is 30.5 Å². The molecule has 3 amide bonds. The number of aromatic nitrogens is 1. The largest absolute Gasteiger partial charge is 0.508 e. The molecule has 2 aromatic carbocycles. The van der Waals surface area contributed by atoms with Gasteiger partial charge in [-0.05, 0) is 67.3 Å². The van der Waals surface area contributed by atoms with E-state index < -0.39 is 0 Å². The number of rotatable bonds is 5. The highest BCUT2D eigenvalue weighted by Crippen LogP contribution is 2.77. The first-order chi connectivity index (χ1) is 16.4. The minimum Gasteiger partial charge on any atom is -0.508 e. The number of urea groups is 1. The summed E-state index contributed by atoms with van der Waals surface area (Å²) in [5.41, 5.74) is 1.66. The van der Waals surface area contributed by atoms with Gasteiger partial charge in [-0.15, -0.1) is 0 Å². The number of hydrogen-bond acceptors (Lipinski definition) is 5. The Morgan fingerprint density at radius 1 is 1.18 bits per heavy atom. The van der Waals surface area contributed by atoms with Crippen molar-refractivity contribution in [3.05, 3.63) is 71.7 Å². The number of nitrogens with zero attached hydrogens (tertiary/aromatic N) is 1. The fraction of sp³-hybridized carbons (Fsp3) is 0.240. The zero-order chi connectivity index (χ0) is 23.4. The number of nitrogens with one attached hydrogen (secondary N) is 3. The molecule has 2 fully saturated rings. The molecule has 1 aromatic heterocycles. The number of hydrogen-bond donors (Lipinski definition) is 4. The maximum Gasteiger partial charge on any atom is 0.319 e. The highest BCUT2D eigenvalue weighted by molar-refractivity contribution is 5.93. The fourth-order valence-corrected chi connectivity index (χ4v) is 4.86. The monoisotopic (exact) mass is 460 g/mol. The Morgan fingerprint density at radius 2 is 2.00 bits per heavy atom. The molecule has 3 unspecified atom stereocenters. The molecule has 4 N–H and O–H groups in total. The number of amides is 3. The Morgan fingerprint density at radius 3 is 2.79 bits per heavy atom. The van der Waals surface area contributed by atoms with Crippen LogP contribution >= 0.6 is 0 Å². The molecule has 0 radical (unpaired) electrons. The van der Waals surface area contributed by atoms with Crippen molar-refractivity contribution in [2.24, 2.45) is 5.92 Å². The van der Waals surface area contributed by atoms with Gasteiger partial charge >= 0.3 is 6.03 Å². The van der Waals surface area contributed by atoms with Crippen molar-refractivity contribution in [3.8, 4) is 17.2 Å². The van der Waals surface area contributed by atoms with Crippen LogP contribution < -0.4 is 20.7 Å². The zero-order valence-corrected chi connectivity index (χ0v) is 18.0. The maximum atomic E-state index is 13.1. The number of carbonyl (C=O) groups excluding carboxylic acids is 2. The van der Waals surface area contributed by atoms with Crippen LogP contribution in [-0.4, -0.2) is 27.6 Å². The molecule has 0 spiro atoms. The second kappa shape index (κ2) is 7.44. The molecular formula is C25H21FN4O4. The van der Waals surface area contributed by atoms with Crippen LogP contribution in [-0.2, 0) is 11.2 Å². The quantitative estimate of drug-likeness (QED) is 0.454. The van der Waals surface area contributed by atoms with Gasteiger partial charge in [0.15, 0.2) is 0 Å². The van der Waals surface area contributed by atoms with E-state index in [4.69, 9.17) is 4.74 Å². The number of carbonyl (C=O) groups is 2. The number of phenols is 1. The second-order valence-corrected chi connectivity index (χ2v) is 8.92. The van der Waals surface area contributed by atoms with Crippen molar-refractivity contribution in [3.63, 3.8) is 0 Å². The Bertz CT molecular complexity index is 1330. The van der Waals surface area contributed by atoms with E-state index in [-0.39, 0.29) is 40.9 Å². The summed E-state index contributed by atoms with van der Waals surface area (Å²) >= 11 is 0. The second-order valence-electron chi connectivity index (χ2n) is 8.92. The molecule has 0 bridgehead atoms. The molecular weight excluding hydrogens is 439 g/mol. The van der Waals surface area contributed by atoms with Crippen LogP contribution in [0.25, 0.3) is 0 Å². The Labute approximate surface area is 194 Å². The van der Waals surface area contributed by atoms with Gasteiger partial charge in [-0.1, -0.05) is 0 Å². The first-order valence-electron chi connectivity index (χ1n) is 11.1. The summed E-state index contributed by atoms with van der Waals surface area (Å²) in [6.07, 6.45) is 3.32. The molecule has 6 rings (SSSR count). The van der Waals surface area contributed by atoms with E-state index in [2.05, 4.69) is 20.9 Å². The van der Waals surface area contributed by atoms with Crippen molar-refractivity contribution in [1.82, 2.24) is 10.3 Å². The van der Waals surface area contributed by atoms with Gasteiger partial charge in [0.05, 0.1) is 5.54 Å². The molecule has 0 saturated heterocycles. The third-order valence-electron chi connectivity index (χ3n) is 6.79. The van der Waals surface area contributed by atoms with Crippen LogP contribution in [0.3, 0.4) is 0 Å². The molecule has 2 heterocycles. The number of phenolic OH excluding ortho intramolecular Hbond substituents is 1. The molecule has 3 atom stereocenters. The molecule has 3 aliphatic rings. The van der Waals surface area contributed by atoms with Crippen LogP contribution in [0.2, 0.25) is 0 Å². The normalized spacial score (nSPS) is 23.7. The Balaban J connectivity index is 1.17. The lowest BCUT2D eigenvalue weighted by molar-refractivity contribution is -0.116. The van der Waals surface area contributed by atoms with Gasteiger partial charge in [0.25, 0.3) is 0 Å². The summed E-state index contributed by atoms with van der Waals surface area (Å²) in [6, 6.07) is 12.0. The van der Waals surface area contributed by atoms with Crippen molar-refractivity contribution in [1.29, 1.82) is 0 Å². The van der Waals surface area contributed by atoms with Gasteiger partial charge in [0.1, 0.15) is 28.9 Å². The highest BCUT2D eigenvalue weighted by atomic mass is 19.1. The molecule has 3 aromatic rings. The van der Waals surface area contributed by atoms with E-state index in [9.17, 15) is 19.1 Å². The van der Waals surface area contributed by atoms with Crippen LogP contribution in [0.1, 0.15) is 29.9 Å². The average molecular weight is 460 g/mol. The third kappa shape index (κ3) is 3.49. The number of aromatic hydroxyl groups is 1. The lowest BCUT2D eigenvalue weighted by Crippen LogP contribution is -2.36. The Kier molecular flexibility index (Phi) is 4.48. The van der Waals surface area contributed by atoms with E-state index in [1.807, 2.05) is 0 Å². The molecule has 1 aliphatic heterocycles. The van der Waals surface area contributed by atoms with Gasteiger partial charge in [0.2, 0.25) is 5.91 Å². The highest BCUT2D eigenvalue weighted by Gasteiger charge is 2.80. The van der Waals surface area contributed by atoms with Gasteiger partial charge in [0, 0.05) is 35.3 Å².